The molecule has 0 radical (unpaired) electrons. The molecule has 0 spiro atoms. The fraction of sp³-hybridized carbons (Fsp3) is 0.871. The van der Waals surface area contributed by atoms with Gasteiger partial charge < -0.3 is 0 Å². The molecule has 0 aromatic heterocycles. The average molecular weight is 1310 g/mol. The van der Waals surface area contributed by atoms with Crippen molar-refractivity contribution in [3.05, 3.63) is 68.8 Å². The highest BCUT2D eigenvalue weighted by molar-refractivity contribution is 5.47. The quantitative estimate of drug-likeness (QED) is 0.222. The number of aryl methyl sites for hydroxylation is 3. The normalized spacial score (nSPS) is 21.0. The molecule has 9 rings (SSSR count). The molecule has 0 N–H and O–H groups in total. The molecule has 0 saturated heterocycles. The first-order chi connectivity index (χ1) is 39.8. The lowest BCUT2D eigenvalue weighted by atomic mass is 9.72. The van der Waals surface area contributed by atoms with E-state index in [1.807, 2.05) is 0 Å². The smallest absolute Gasteiger partial charge is 0.0129 e. The van der Waals surface area contributed by atoms with Crippen LogP contribution in [0, 0.1) is 80.0 Å². The Bertz CT molecular complexity index is 1820. The summed E-state index contributed by atoms with van der Waals surface area (Å²) >= 11 is 0. The Kier molecular flexibility index (Phi) is 67.3. The predicted molar refractivity (Wildman–Crippen MR) is 444 cm³/mol. The second kappa shape index (κ2) is 58.3. The van der Waals surface area contributed by atoms with Gasteiger partial charge in [-0.3, -0.25) is 0 Å². The highest BCUT2D eigenvalue weighted by atomic mass is 14.4. The molecule has 3 atom stereocenters. The lowest BCUT2D eigenvalue weighted by Crippen LogP contribution is -2.24. The van der Waals surface area contributed by atoms with Crippen LogP contribution >= 0.6 is 0 Å². The molecule has 7 aliphatic carbocycles. The second-order valence-electron chi connectivity index (χ2n) is 32.9. The minimum Gasteiger partial charge on any atom is -0.0776 e. The number of fused-ring (bicyclic) bond motifs is 2. The summed E-state index contributed by atoms with van der Waals surface area (Å²) in [5.74, 6) is 10.8. The highest BCUT2D eigenvalue weighted by Crippen LogP contribution is 2.49. The molecular formula is C93H190. The van der Waals surface area contributed by atoms with Gasteiger partial charge >= 0.3 is 0 Å². The van der Waals surface area contributed by atoms with Crippen molar-refractivity contribution in [2.24, 2.45) is 59.2 Å². The summed E-state index contributed by atoms with van der Waals surface area (Å²) in [4.78, 5) is 0. The topological polar surface area (TPSA) is 0 Å². The first kappa shape index (κ1) is 107. The molecule has 93 heavy (non-hydrogen) atoms. The molecule has 7 saturated carbocycles. The molecule has 0 nitrogen and oxygen atoms in total. The van der Waals surface area contributed by atoms with Gasteiger partial charge in [0, 0.05) is 0 Å². The average Bonchev–Trinajstić information content (AvgIpc) is 1.49. The van der Waals surface area contributed by atoms with Crippen molar-refractivity contribution in [2.75, 3.05) is 0 Å². The second-order valence-corrected chi connectivity index (χ2v) is 32.9. The number of hydrogen-bond donors (Lipinski definition) is 0. The van der Waals surface area contributed by atoms with Crippen LogP contribution in [-0.4, -0.2) is 0 Å². The van der Waals surface area contributed by atoms with Gasteiger partial charge in [-0.05, 0) is 167 Å². The minimum atomic E-state index is 0. The van der Waals surface area contributed by atoms with Crippen LogP contribution in [-0.2, 0) is 29.1 Å². The minimum absolute atomic E-state index is 0. The maximum absolute atomic E-state index is 2.45. The van der Waals surface area contributed by atoms with Crippen molar-refractivity contribution >= 4 is 0 Å². The van der Waals surface area contributed by atoms with Crippen molar-refractivity contribution < 1.29 is 0 Å². The van der Waals surface area contributed by atoms with Crippen molar-refractivity contribution in [2.45, 2.75) is 473 Å². The summed E-state index contributed by atoms with van der Waals surface area (Å²) in [6.07, 6.45) is 54.6. The molecule has 3 unspecified atom stereocenters. The zero-order valence-electron chi connectivity index (χ0n) is 61.7. The van der Waals surface area contributed by atoms with Crippen LogP contribution in [0.25, 0.3) is 0 Å². The largest absolute Gasteiger partial charge is 0.0776 e. The lowest BCUT2D eigenvalue weighted by Gasteiger charge is -2.33. The summed E-state index contributed by atoms with van der Waals surface area (Å²) < 4.78 is 0. The molecule has 0 amide bonds. The molecule has 7 aliphatic rings. The molecule has 0 aliphatic heterocycles. The van der Waals surface area contributed by atoms with Crippen LogP contribution in [0.1, 0.15) is 468 Å². The van der Waals surface area contributed by atoms with Gasteiger partial charge in [-0.2, -0.15) is 0 Å². The van der Waals surface area contributed by atoms with Gasteiger partial charge in [-0.1, -0.05) is 434 Å². The Morgan fingerprint density at radius 2 is 0.731 bits per heavy atom. The summed E-state index contributed by atoms with van der Waals surface area (Å²) in [5, 5.41) is 0. The van der Waals surface area contributed by atoms with Gasteiger partial charge in [0.05, 0.1) is 0 Å². The molecule has 2 aromatic rings. The molecule has 2 aromatic carbocycles. The van der Waals surface area contributed by atoms with Crippen LogP contribution in [0.15, 0.2) is 24.3 Å². The van der Waals surface area contributed by atoms with Crippen LogP contribution in [0.4, 0.5) is 0 Å². The molecule has 0 heterocycles. The van der Waals surface area contributed by atoms with E-state index in [4.69, 9.17) is 0 Å². The Morgan fingerprint density at radius 3 is 0.978 bits per heavy atom. The van der Waals surface area contributed by atoms with Gasteiger partial charge in [0.15, 0.2) is 0 Å². The monoisotopic (exact) mass is 1310 g/mol. The third-order valence-electron chi connectivity index (χ3n) is 22.1. The zero-order chi connectivity index (χ0) is 62.9. The van der Waals surface area contributed by atoms with Crippen molar-refractivity contribution in [1.29, 1.82) is 0 Å². The van der Waals surface area contributed by atoms with E-state index in [1.54, 1.807) is 31.2 Å². The van der Waals surface area contributed by atoms with E-state index >= 15 is 0 Å². The van der Waals surface area contributed by atoms with Gasteiger partial charge in [0.25, 0.3) is 0 Å². The van der Waals surface area contributed by atoms with E-state index in [2.05, 4.69) is 177 Å². The van der Waals surface area contributed by atoms with Crippen LogP contribution < -0.4 is 0 Å². The SMILES string of the molecule is C.C.C.C.C.C.C.C.C.CC(C)C1CCCCC1.CCC1CC2CCC1C2.CCC1CCC(C)CC1.CCC1CCCCC1.CCCC1CCCCC1.CCCC1CCCCC1.CCc1c(C(C)(C)C)cc(C(C)(C)C)cc1C(C)(C)C.CCc1c(C)cc(C)cc1C. The van der Waals surface area contributed by atoms with Crippen LogP contribution in [0.3, 0.4) is 0 Å². The van der Waals surface area contributed by atoms with Gasteiger partial charge in [-0.25, -0.2) is 0 Å². The molecule has 7 fully saturated rings. The summed E-state index contributed by atoms with van der Waals surface area (Å²) in [6.45, 7) is 50.7. The van der Waals surface area contributed by atoms with E-state index in [-0.39, 0.29) is 83.1 Å². The number of rotatable bonds is 10. The number of hydrogen-bond acceptors (Lipinski definition) is 0. The lowest BCUT2D eigenvalue weighted by molar-refractivity contribution is 0.279. The first-order valence-corrected chi connectivity index (χ1v) is 38.0. The highest BCUT2D eigenvalue weighted by Gasteiger charge is 2.38. The molecule has 562 valence electrons. The third kappa shape index (κ3) is 43.6. The van der Waals surface area contributed by atoms with Gasteiger partial charge in [-0.15, -0.1) is 0 Å². The zero-order valence-corrected chi connectivity index (χ0v) is 61.7. The van der Waals surface area contributed by atoms with E-state index in [0.717, 1.165) is 72.0 Å². The maximum Gasteiger partial charge on any atom is -0.0129 e. The van der Waals surface area contributed by atoms with Crippen molar-refractivity contribution in [3.63, 3.8) is 0 Å². The fourth-order valence-corrected chi connectivity index (χ4v) is 16.4. The molecule has 2 bridgehead atoms. The summed E-state index contributed by atoms with van der Waals surface area (Å²) in [6, 6.07) is 9.42. The van der Waals surface area contributed by atoms with E-state index in [9.17, 15) is 0 Å². The molecule has 0 heteroatoms. The first-order valence-electron chi connectivity index (χ1n) is 38.0. The van der Waals surface area contributed by atoms with E-state index in [1.165, 1.54) is 238 Å². The van der Waals surface area contributed by atoms with Gasteiger partial charge in [0.1, 0.15) is 0 Å². The Morgan fingerprint density at radius 1 is 0.376 bits per heavy atom. The Balaban J connectivity index is -0.000000149. The van der Waals surface area contributed by atoms with Crippen molar-refractivity contribution in [1.82, 2.24) is 0 Å². The fourth-order valence-electron chi connectivity index (χ4n) is 16.4. The standard InChI is InChI=1S/C20H34.C11H16.C9H16.4C9H18.C8H16.9CH4/c1-11-15-16(19(5,6)7)12-14(18(2,3)4)13-17(15)20(8,9)10;1-5-11-9(3)6-8(2)7-10(11)4;1-2-8-5-7-3-4-9(8)6-7;1-8(2)9-6-4-3-5-7-9;1-3-9-6-4-8(2)5-7-9;2*1-2-6-9-7-4-3-5-8-9;1-2-8-6-4-3-5-7-8;;;;;;;;;/h12-13H,11H2,1-10H3;6-7H,5H2,1-4H3;7-9H,2-6H2,1H3;2*8-9H,3-7H2,1-2H3;2*9H,2-8H2,1H3;8H,2-7H2,1H3;9*1H4. The molecular weight excluding hydrogens is 1120 g/mol. The van der Waals surface area contributed by atoms with E-state index in [0.29, 0.717) is 0 Å². The predicted octanol–water partition coefficient (Wildman–Crippen LogP) is 34.0. The summed E-state index contributed by atoms with van der Waals surface area (Å²) in [7, 11) is 0. The van der Waals surface area contributed by atoms with Crippen molar-refractivity contribution in [3.8, 4) is 0 Å². The van der Waals surface area contributed by atoms with E-state index < -0.39 is 0 Å². The summed E-state index contributed by atoms with van der Waals surface area (Å²) in [5.41, 5.74) is 12.4. The van der Waals surface area contributed by atoms with Crippen LogP contribution in [0.5, 0.6) is 0 Å². The Hall–Kier alpha value is -1.56. The van der Waals surface area contributed by atoms with Crippen LogP contribution in [0.2, 0.25) is 0 Å². The number of benzene rings is 2. The van der Waals surface area contributed by atoms with Gasteiger partial charge in [0.2, 0.25) is 0 Å². The Labute approximate surface area is 597 Å². The maximum atomic E-state index is 2.45. The third-order valence-corrected chi connectivity index (χ3v) is 22.1.